The number of ether oxygens (including phenoxy) is 4. The van der Waals surface area contributed by atoms with Crippen molar-refractivity contribution >= 4 is 23.2 Å². The second-order valence-corrected chi connectivity index (χ2v) is 5.26. The summed E-state index contributed by atoms with van der Waals surface area (Å²) in [5, 5.41) is 0.194. The molecule has 0 atom stereocenters. The molecule has 0 N–H and O–H groups in total. The van der Waals surface area contributed by atoms with E-state index in [0.29, 0.717) is 6.42 Å². The highest BCUT2D eigenvalue weighted by Crippen LogP contribution is 2.24. The van der Waals surface area contributed by atoms with Crippen LogP contribution in [0, 0.1) is 5.41 Å². The molecule has 17 heavy (non-hydrogen) atoms. The molecule has 0 aromatic carbocycles. The molecule has 0 bridgehead atoms. The largest absolute Gasteiger partial charge is 0.356 e. The van der Waals surface area contributed by atoms with Crippen LogP contribution in [0.15, 0.2) is 0 Å². The average molecular weight is 289 g/mol. The van der Waals surface area contributed by atoms with Gasteiger partial charge in [-0.25, -0.2) is 0 Å². The Morgan fingerprint density at radius 3 is 1.94 bits per heavy atom. The van der Waals surface area contributed by atoms with Crippen molar-refractivity contribution in [3.8, 4) is 0 Å². The van der Waals surface area contributed by atoms with Gasteiger partial charge >= 0.3 is 0 Å². The molecule has 4 nitrogen and oxygen atoms in total. The molecule has 0 aromatic rings. The maximum Gasteiger partial charge on any atom is 0.162 e. The first-order valence-electron chi connectivity index (χ1n) is 5.39. The normalized spacial score (nSPS) is 19.9. The molecule has 0 aromatic heterocycles. The van der Waals surface area contributed by atoms with Crippen LogP contribution in [0.4, 0.5) is 0 Å². The minimum Gasteiger partial charge on any atom is -0.356 e. The molecule has 1 aliphatic rings. The third kappa shape index (κ3) is 8.19. The Morgan fingerprint density at radius 2 is 1.59 bits per heavy atom. The lowest BCUT2D eigenvalue weighted by Crippen LogP contribution is -2.39. The van der Waals surface area contributed by atoms with Crippen molar-refractivity contribution in [2.75, 3.05) is 32.8 Å². The van der Waals surface area contributed by atoms with Gasteiger partial charge in [-0.2, -0.15) is 0 Å². The van der Waals surface area contributed by atoms with E-state index >= 15 is 0 Å². The molecular formula is C11H22Cl2O4. The lowest BCUT2D eigenvalue weighted by atomic mass is 9.95. The molecule has 1 heterocycles. The van der Waals surface area contributed by atoms with Crippen molar-refractivity contribution in [3.05, 3.63) is 0 Å². The van der Waals surface area contributed by atoms with Crippen LogP contribution in [0.2, 0.25) is 0 Å². The fourth-order valence-corrected chi connectivity index (χ4v) is 1.31. The molecule has 0 aliphatic carbocycles. The zero-order valence-corrected chi connectivity index (χ0v) is 12.4. The first-order valence-corrected chi connectivity index (χ1v) is 6.46. The molecule has 0 spiro atoms. The molecule has 1 rings (SSSR count). The molecule has 1 fully saturated rings. The first kappa shape index (κ1) is 17.4. The Balaban J connectivity index is 0.000000770. The Morgan fingerprint density at radius 1 is 1.18 bits per heavy atom. The van der Waals surface area contributed by atoms with Gasteiger partial charge in [-0.1, -0.05) is 13.8 Å². The Bertz CT molecular complexity index is 176. The standard InChI is InChI=1S/C10H20O4.CH2Cl2/c1-10(2)6-13-9(14-7-10)5-8(11-3)12-4;2-1-3/h8-9H,5-7H2,1-4H3;1H2. The van der Waals surface area contributed by atoms with Gasteiger partial charge in [0, 0.05) is 26.1 Å². The van der Waals surface area contributed by atoms with Gasteiger partial charge in [0.15, 0.2) is 12.6 Å². The van der Waals surface area contributed by atoms with E-state index in [0.717, 1.165) is 13.2 Å². The van der Waals surface area contributed by atoms with Gasteiger partial charge in [-0.05, 0) is 0 Å². The van der Waals surface area contributed by atoms with Crippen LogP contribution in [0.25, 0.3) is 0 Å². The summed E-state index contributed by atoms with van der Waals surface area (Å²) in [7, 11) is 3.22. The van der Waals surface area contributed by atoms with E-state index < -0.39 is 0 Å². The third-order valence-corrected chi connectivity index (χ3v) is 2.23. The predicted molar refractivity (Wildman–Crippen MR) is 68.5 cm³/mol. The number of rotatable bonds is 4. The van der Waals surface area contributed by atoms with Crippen molar-refractivity contribution in [1.82, 2.24) is 0 Å². The lowest BCUT2D eigenvalue weighted by Gasteiger charge is -2.35. The second kappa shape index (κ2) is 9.36. The zero-order chi connectivity index (χ0) is 13.3. The van der Waals surface area contributed by atoms with Crippen molar-refractivity contribution in [2.24, 2.45) is 5.41 Å². The molecule has 1 aliphatic heterocycles. The predicted octanol–water partition coefficient (Wildman–Crippen LogP) is 2.82. The second-order valence-electron chi connectivity index (χ2n) is 4.45. The summed E-state index contributed by atoms with van der Waals surface area (Å²) >= 11 is 9.53. The van der Waals surface area contributed by atoms with E-state index in [9.17, 15) is 0 Å². The van der Waals surface area contributed by atoms with E-state index in [1.165, 1.54) is 0 Å². The fraction of sp³-hybridized carbons (Fsp3) is 1.00. The van der Waals surface area contributed by atoms with Crippen molar-refractivity contribution in [2.45, 2.75) is 32.8 Å². The summed E-state index contributed by atoms with van der Waals surface area (Å²) in [6.45, 7) is 5.68. The fourth-order valence-electron chi connectivity index (χ4n) is 1.31. The first-order chi connectivity index (χ1) is 7.99. The topological polar surface area (TPSA) is 36.9 Å². The van der Waals surface area contributed by atoms with Gasteiger partial charge in [0.2, 0.25) is 0 Å². The van der Waals surface area contributed by atoms with Gasteiger partial charge in [-0.15, -0.1) is 23.2 Å². The lowest BCUT2D eigenvalue weighted by molar-refractivity contribution is -0.249. The van der Waals surface area contributed by atoms with Crippen LogP contribution in [0.3, 0.4) is 0 Å². The van der Waals surface area contributed by atoms with Crippen LogP contribution in [0.5, 0.6) is 0 Å². The number of halogens is 2. The van der Waals surface area contributed by atoms with Gasteiger partial charge in [0.25, 0.3) is 0 Å². The van der Waals surface area contributed by atoms with E-state index in [1.54, 1.807) is 14.2 Å². The third-order valence-electron chi connectivity index (χ3n) is 2.23. The molecule has 1 saturated heterocycles. The van der Waals surface area contributed by atoms with Gasteiger partial charge in [-0.3, -0.25) is 0 Å². The SMILES string of the molecule is COC(CC1OCC(C)(C)CO1)OC.ClCCl. The van der Waals surface area contributed by atoms with Crippen molar-refractivity contribution < 1.29 is 18.9 Å². The molecular weight excluding hydrogens is 267 g/mol. The highest BCUT2D eigenvalue weighted by molar-refractivity contribution is 6.40. The zero-order valence-electron chi connectivity index (χ0n) is 10.9. The summed E-state index contributed by atoms with van der Waals surface area (Å²) in [6, 6.07) is 0. The highest BCUT2D eigenvalue weighted by atomic mass is 35.5. The Kier molecular flexibility index (Phi) is 9.59. The minimum absolute atomic E-state index is 0.117. The van der Waals surface area contributed by atoms with Gasteiger partial charge in [0.05, 0.1) is 18.6 Å². The van der Waals surface area contributed by atoms with E-state index in [2.05, 4.69) is 13.8 Å². The maximum atomic E-state index is 5.55. The smallest absolute Gasteiger partial charge is 0.162 e. The van der Waals surface area contributed by atoms with E-state index in [4.69, 9.17) is 42.1 Å². The van der Waals surface area contributed by atoms with Crippen LogP contribution in [-0.2, 0) is 18.9 Å². The van der Waals surface area contributed by atoms with Gasteiger partial charge < -0.3 is 18.9 Å². The average Bonchev–Trinajstić information content (AvgIpc) is 2.29. The van der Waals surface area contributed by atoms with E-state index in [-0.39, 0.29) is 23.3 Å². The van der Waals surface area contributed by atoms with Crippen LogP contribution in [0.1, 0.15) is 20.3 Å². The quantitative estimate of drug-likeness (QED) is 0.589. The molecule has 0 saturated carbocycles. The number of methoxy groups -OCH3 is 2. The molecule has 0 radical (unpaired) electrons. The van der Waals surface area contributed by atoms with Crippen LogP contribution < -0.4 is 0 Å². The van der Waals surface area contributed by atoms with Crippen molar-refractivity contribution in [3.63, 3.8) is 0 Å². The van der Waals surface area contributed by atoms with E-state index in [1.807, 2.05) is 0 Å². The number of alkyl halides is 2. The summed E-state index contributed by atoms with van der Waals surface area (Å²) in [6.07, 6.45) is 0.164. The van der Waals surface area contributed by atoms with Crippen LogP contribution >= 0.6 is 23.2 Å². The Labute approximate surface area is 113 Å². The summed E-state index contributed by atoms with van der Waals surface area (Å²) in [5.41, 5.74) is 0.117. The van der Waals surface area contributed by atoms with Crippen molar-refractivity contribution in [1.29, 1.82) is 0 Å². The van der Waals surface area contributed by atoms with Crippen LogP contribution in [-0.4, -0.2) is 45.4 Å². The Hall–Kier alpha value is 0.420. The number of hydrogen-bond donors (Lipinski definition) is 0. The highest BCUT2D eigenvalue weighted by Gasteiger charge is 2.29. The summed E-state index contributed by atoms with van der Waals surface area (Å²) < 4.78 is 21.2. The monoisotopic (exact) mass is 288 g/mol. The minimum atomic E-state index is -0.249. The molecule has 6 heteroatoms. The molecule has 0 amide bonds. The molecule has 0 unspecified atom stereocenters. The van der Waals surface area contributed by atoms with Gasteiger partial charge in [0.1, 0.15) is 0 Å². The summed E-state index contributed by atoms with van der Waals surface area (Å²) in [4.78, 5) is 0. The summed E-state index contributed by atoms with van der Waals surface area (Å²) in [5.74, 6) is 0. The maximum absolute atomic E-state index is 5.55. The number of hydrogen-bond acceptors (Lipinski definition) is 4. The molecule has 104 valence electrons.